The molecular formula is C18H16F3N3O4S. The van der Waals surface area contributed by atoms with Crippen LogP contribution < -0.4 is 10.1 Å². The number of hydrogen-bond donors (Lipinski definition) is 2. The van der Waals surface area contributed by atoms with Gasteiger partial charge < -0.3 is 19.6 Å². The third-order valence-electron chi connectivity index (χ3n) is 3.83. The summed E-state index contributed by atoms with van der Waals surface area (Å²) in [6.07, 6.45) is -2.94. The lowest BCUT2D eigenvalue weighted by molar-refractivity contribution is -0.274. The summed E-state index contributed by atoms with van der Waals surface area (Å²) in [5.74, 6) is -0.710. The van der Waals surface area contributed by atoms with Gasteiger partial charge in [0.2, 0.25) is 0 Å². The number of nitrogens with one attached hydrogen (secondary N) is 1. The summed E-state index contributed by atoms with van der Waals surface area (Å²) in [6.45, 7) is 2.95. The number of rotatable bonds is 6. The first-order chi connectivity index (χ1) is 13.6. The number of alkyl halides is 3. The standard InChI is InChI=1S/C18H16F3N3O4S/c1-9(25)7-14-23-17(29-24-14)12-3-4-13(10(2)15(12)28-18(19,20)21)22-16(26)11-5-6-27-8-11/h3-6,8-9,25H,7H2,1-2H3,(H,22,26). The van der Waals surface area contributed by atoms with Crippen molar-refractivity contribution < 1.29 is 32.2 Å². The van der Waals surface area contributed by atoms with Crippen LogP contribution in [0.4, 0.5) is 18.9 Å². The van der Waals surface area contributed by atoms with Gasteiger partial charge in [-0.2, -0.15) is 4.37 Å². The van der Waals surface area contributed by atoms with E-state index in [4.69, 9.17) is 4.42 Å². The molecule has 2 N–H and O–H groups in total. The quantitative estimate of drug-likeness (QED) is 0.613. The average molecular weight is 427 g/mol. The van der Waals surface area contributed by atoms with E-state index >= 15 is 0 Å². The Hall–Kier alpha value is -2.92. The molecule has 1 atom stereocenters. The van der Waals surface area contributed by atoms with Crippen LogP contribution in [0, 0.1) is 6.92 Å². The fraction of sp³-hybridized carbons (Fsp3) is 0.278. The molecule has 1 aromatic carbocycles. The number of anilines is 1. The van der Waals surface area contributed by atoms with Gasteiger partial charge in [0, 0.05) is 17.7 Å². The number of carbonyl (C=O) groups excluding carboxylic acids is 1. The zero-order chi connectivity index (χ0) is 21.2. The highest BCUT2D eigenvalue weighted by atomic mass is 32.1. The summed E-state index contributed by atoms with van der Waals surface area (Å²) in [5.41, 5.74) is 0.519. The minimum atomic E-state index is -4.94. The molecule has 0 saturated heterocycles. The van der Waals surface area contributed by atoms with Gasteiger partial charge in [0.15, 0.2) is 0 Å². The van der Waals surface area contributed by atoms with E-state index in [0.717, 1.165) is 11.5 Å². The Morgan fingerprint density at radius 1 is 1.38 bits per heavy atom. The maximum absolute atomic E-state index is 13.0. The summed E-state index contributed by atoms with van der Waals surface area (Å²) >= 11 is 0.892. The van der Waals surface area contributed by atoms with Crippen molar-refractivity contribution in [2.45, 2.75) is 32.7 Å². The zero-order valence-corrected chi connectivity index (χ0v) is 16.1. The van der Waals surface area contributed by atoms with Crippen molar-refractivity contribution in [3.63, 3.8) is 0 Å². The molecule has 0 bridgehead atoms. The Bertz CT molecular complexity index is 1000. The molecule has 0 spiro atoms. The maximum atomic E-state index is 13.0. The number of ether oxygens (including phenoxy) is 1. The predicted molar refractivity (Wildman–Crippen MR) is 98.8 cm³/mol. The van der Waals surface area contributed by atoms with Gasteiger partial charge in [-0.05, 0) is 43.6 Å². The second kappa shape index (κ2) is 8.21. The first-order valence-corrected chi connectivity index (χ1v) is 9.15. The third kappa shape index (κ3) is 5.12. The van der Waals surface area contributed by atoms with Crippen molar-refractivity contribution in [1.29, 1.82) is 0 Å². The van der Waals surface area contributed by atoms with Crippen molar-refractivity contribution in [3.8, 4) is 16.3 Å². The summed E-state index contributed by atoms with van der Waals surface area (Å²) < 4.78 is 52.2. The van der Waals surface area contributed by atoms with Crippen LogP contribution in [0.2, 0.25) is 0 Å². The van der Waals surface area contributed by atoms with Gasteiger partial charge in [-0.15, -0.1) is 13.2 Å². The Labute approximate surface area is 167 Å². The monoisotopic (exact) mass is 427 g/mol. The van der Waals surface area contributed by atoms with Crippen LogP contribution in [-0.2, 0) is 6.42 Å². The van der Waals surface area contributed by atoms with Crippen LogP contribution in [0.15, 0.2) is 35.1 Å². The molecule has 2 heterocycles. The van der Waals surface area contributed by atoms with E-state index in [9.17, 15) is 23.1 Å². The molecule has 1 unspecified atom stereocenters. The molecule has 0 aliphatic rings. The summed E-state index contributed by atoms with van der Waals surface area (Å²) in [6, 6.07) is 4.25. The Kier molecular flexibility index (Phi) is 5.89. The molecule has 7 nitrogen and oxygen atoms in total. The first kappa shape index (κ1) is 20.8. The van der Waals surface area contributed by atoms with Crippen molar-refractivity contribution in [2.24, 2.45) is 0 Å². The van der Waals surface area contributed by atoms with Crippen molar-refractivity contribution in [1.82, 2.24) is 9.36 Å². The van der Waals surface area contributed by atoms with E-state index in [0.29, 0.717) is 5.82 Å². The number of nitrogens with zero attached hydrogens (tertiary/aromatic N) is 2. The van der Waals surface area contributed by atoms with Crippen molar-refractivity contribution >= 4 is 23.1 Å². The van der Waals surface area contributed by atoms with E-state index in [-0.39, 0.29) is 33.8 Å². The van der Waals surface area contributed by atoms with E-state index in [1.807, 2.05) is 0 Å². The van der Waals surface area contributed by atoms with Crippen molar-refractivity contribution in [2.75, 3.05) is 5.32 Å². The van der Waals surface area contributed by atoms with Crippen molar-refractivity contribution in [3.05, 3.63) is 47.7 Å². The lowest BCUT2D eigenvalue weighted by atomic mass is 10.1. The molecule has 3 aromatic rings. The number of aliphatic hydroxyl groups is 1. The predicted octanol–water partition coefficient (Wildman–Crippen LogP) is 4.18. The molecule has 154 valence electrons. The van der Waals surface area contributed by atoms with Gasteiger partial charge in [0.25, 0.3) is 5.91 Å². The van der Waals surface area contributed by atoms with Gasteiger partial charge in [-0.25, -0.2) is 4.98 Å². The molecule has 0 aliphatic heterocycles. The SMILES string of the molecule is Cc1c(NC(=O)c2ccoc2)ccc(-c2nc(CC(C)O)ns2)c1OC(F)(F)F. The number of furan rings is 1. The average Bonchev–Trinajstić information content (AvgIpc) is 3.29. The van der Waals surface area contributed by atoms with Crippen LogP contribution in [0.25, 0.3) is 10.6 Å². The van der Waals surface area contributed by atoms with Gasteiger partial charge >= 0.3 is 6.36 Å². The molecule has 0 aliphatic carbocycles. The Morgan fingerprint density at radius 3 is 2.76 bits per heavy atom. The fourth-order valence-corrected chi connectivity index (χ4v) is 3.25. The fourth-order valence-electron chi connectivity index (χ4n) is 2.54. The molecule has 3 rings (SSSR count). The highest BCUT2D eigenvalue weighted by Crippen LogP contribution is 2.40. The van der Waals surface area contributed by atoms with Crippen LogP contribution in [-0.4, -0.2) is 32.8 Å². The molecule has 11 heteroatoms. The first-order valence-electron chi connectivity index (χ1n) is 8.38. The summed E-state index contributed by atoms with van der Waals surface area (Å²) in [4.78, 5) is 16.4. The summed E-state index contributed by atoms with van der Waals surface area (Å²) in [5, 5.41) is 12.2. The minimum absolute atomic E-state index is 0.0731. The van der Waals surface area contributed by atoms with Gasteiger partial charge in [0.1, 0.15) is 22.8 Å². The smallest absolute Gasteiger partial charge is 0.472 e. The number of amides is 1. The lowest BCUT2D eigenvalue weighted by Gasteiger charge is -2.17. The molecule has 0 fully saturated rings. The van der Waals surface area contributed by atoms with Crippen LogP contribution in [0.1, 0.15) is 28.7 Å². The third-order valence-corrected chi connectivity index (χ3v) is 4.62. The van der Waals surface area contributed by atoms with Gasteiger partial charge in [-0.1, -0.05) is 0 Å². The second-order valence-corrected chi connectivity index (χ2v) is 6.95. The molecule has 0 saturated carbocycles. The molecule has 0 radical (unpaired) electrons. The van der Waals surface area contributed by atoms with Crippen LogP contribution >= 0.6 is 11.5 Å². The minimum Gasteiger partial charge on any atom is -0.472 e. The van der Waals surface area contributed by atoms with Gasteiger partial charge in [-0.3, -0.25) is 4.79 Å². The highest BCUT2D eigenvalue weighted by molar-refractivity contribution is 7.09. The Balaban J connectivity index is 1.99. The number of halogens is 3. The highest BCUT2D eigenvalue weighted by Gasteiger charge is 2.34. The molecule has 1 amide bonds. The molecule has 29 heavy (non-hydrogen) atoms. The van der Waals surface area contributed by atoms with E-state index in [1.165, 1.54) is 37.6 Å². The largest absolute Gasteiger partial charge is 0.573 e. The van der Waals surface area contributed by atoms with E-state index in [1.54, 1.807) is 6.92 Å². The van der Waals surface area contributed by atoms with E-state index in [2.05, 4.69) is 19.4 Å². The topological polar surface area (TPSA) is 97.5 Å². The number of aromatic nitrogens is 2. The Morgan fingerprint density at radius 2 is 2.14 bits per heavy atom. The van der Waals surface area contributed by atoms with Gasteiger partial charge in [0.05, 0.1) is 23.5 Å². The maximum Gasteiger partial charge on any atom is 0.573 e. The number of carbonyl (C=O) groups is 1. The normalized spacial score (nSPS) is 12.6. The number of aliphatic hydroxyl groups excluding tert-OH is 1. The molecular weight excluding hydrogens is 411 g/mol. The number of hydrogen-bond acceptors (Lipinski definition) is 7. The second-order valence-electron chi connectivity index (χ2n) is 6.20. The zero-order valence-electron chi connectivity index (χ0n) is 15.3. The molecule has 2 aromatic heterocycles. The van der Waals surface area contributed by atoms with E-state index < -0.39 is 24.1 Å². The summed E-state index contributed by atoms with van der Waals surface area (Å²) in [7, 11) is 0. The lowest BCUT2D eigenvalue weighted by Crippen LogP contribution is -2.19. The van der Waals surface area contributed by atoms with Crippen LogP contribution in [0.3, 0.4) is 0 Å². The number of benzene rings is 1. The van der Waals surface area contributed by atoms with Crippen LogP contribution in [0.5, 0.6) is 5.75 Å².